The first-order valence-corrected chi connectivity index (χ1v) is 15.9. The van der Waals surface area contributed by atoms with E-state index in [0.29, 0.717) is 17.5 Å². The molecular weight excluding hydrogens is 587 g/mol. The molecule has 9 rings (SSSR count). The highest BCUT2D eigenvalue weighted by Gasteiger charge is 2.14. The second-order valence-corrected chi connectivity index (χ2v) is 11.8. The van der Waals surface area contributed by atoms with Crippen LogP contribution < -0.4 is 0 Å². The molecular formula is C43H27N5. The van der Waals surface area contributed by atoms with Gasteiger partial charge in [-0.15, -0.1) is 0 Å². The highest BCUT2D eigenvalue weighted by Crippen LogP contribution is 2.32. The lowest BCUT2D eigenvalue weighted by Gasteiger charge is -2.10. The Morgan fingerprint density at radius 1 is 0.250 bits per heavy atom. The lowest BCUT2D eigenvalue weighted by Crippen LogP contribution is -2.00. The van der Waals surface area contributed by atoms with Crippen LogP contribution >= 0.6 is 0 Å². The van der Waals surface area contributed by atoms with Gasteiger partial charge in [-0.3, -0.25) is 0 Å². The normalized spacial score (nSPS) is 11.3. The Morgan fingerprint density at radius 3 is 1.15 bits per heavy atom. The molecule has 0 amide bonds. The van der Waals surface area contributed by atoms with Crippen LogP contribution in [0, 0.1) is 0 Å². The smallest absolute Gasteiger partial charge is 0.164 e. The van der Waals surface area contributed by atoms with Crippen molar-refractivity contribution in [2.75, 3.05) is 0 Å². The van der Waals surface area contributed by atoms with Crippen LogP contribution in [0.5, 0.6) is 0 Å². The van der Waals surface area contributed by atoms with E-state index in [0.717, 1.165) is 71.8 Å². The minimum Gasteiger partial charge on any atom is -0.245 e. The quantitative estimate of drug-likeness (QED) is 0.181. The van der Waals surface area contributed by atoms with Crippen LogP contribution in [-0.2, 0) is 0 Å². The highest BCUT2D eigenvalue weighted by atomic mass is 15.0. The second kappa shape index (κ2) is 11.6. The number of rotatable bonds is 5. The first kappa shape index (κ1) is 27.7. The van der Waals surface area contributed by atoms with Gasteiger partial charge in [-0.1, -0.05) is 140 Å². The van der Waals surface area contributed by atoms with Gasteiger partial charge in [0, 0.05) is 38.6 Å². The Bertz CT molecular complexity index is 2550. The maximum atomic E-state index is 5.17. The molecule has 5 heteroatoms. The summed E-state index contributed by atoms with van der Waals surface area (Å²) in [5.74, 6) is 1.93. The topological polar surface area (TPSA) is 64.5 Å². The predicted octanol–water partition coefficient (Wildman–Crippen LogP) is 10.5. The Labute approximate surface area is 277 Å². The molecule has 0 saturated carbocycles. The molecule has 0 unspecified atom stereocenters. The zero-order valence-electron chi connectivity index (χ0n) is 25.8. The monoisotopic (exact) mass is 613 g/mol. The minimum atomic E-state index is 0.638. The standard InChI is InChI=1S/C43H27N5/c1-4-10-28(11-5-1)37-24-22-29-16-17-30-23-25-38(45-40(30)39(29)44-37)35-20-18-34-27-36(21-19-33(34)26-35)43-47-41(31-12-6-2-7-13-31)46-42(48-43)32-14-8-3-9-15-32/h1-27H. The van der Waals surface area contributed by atoms with Gasteiger partial charge in [-0.25, -0.2) is 24.9 Å². The largest absolute Gasteiger partial charge is 0.245 e. The summed E-state index contributed by atoms with van der Waals surface area (Å²) in [6.45, 7) is 0. The predicted molar refractivity (Wildman–Crippen MR) is 195 cm³/mol. The van der Waals surface area contributed by atoms with Crippen LogP contribution in [0.25, 0.3) is 89.3 Å². The van der Waals surface area contributed by atoms with Crippen LogP contribution in [-0.4, -0.2) is 24.9 Å². The molecule has 0 saturated heterocycles. The number of hydrogen-bond donors (Lipinski definition) is 0. The van der Waals surface area contributed by atoms with E-state index < -0.39 is 0 Å². The average Bonchev–Trinajstić information content (AvgIpc) is 3.18. The van der Waals surface area contributed by atoms with Gasteiger partial charge < -0.3 is 0 Å². The summed E-state index contributed by atoms with van der Waals surface area (Å²) in [4.78, 5) is 24.9. The van der Waals surface area contributed by atoms with Crippen molar-refractivity contribution in [1.82, 2.24) is 24.9 Å². The fraction of sp³-hybridized carbons (Fsp3) is 0. The summed E-state index contributed by atoms with van der Waals surface area (Å²) in [6.07, 6.45) is 0. The van der Waals surface area contributed by atoms with E-state index in [1.165, 1.54) is 0 Å². The minimum absolute atomic E-state index is 0.638. The first-order chi connectivity index (χ1) is 23.7. The third-order valence-corrected chi connectivity index (χ3v) is 8.68. The molecule has 3 aromatic heterocycles. The van der Waals surface area contributed by atoms with Gasteiger partial charge in [0.2, 0.25) is 0 Å². The number of pyridine rings is 2. The molecule has 9 aromatic rings. The molecule has 224 valence electrons. The van der Waals surface area contributed by atoms with Crippen molar-refractivity contribution in [3.05, 3.63) is 164 Å². The number of benzene rings is 6. The van der Waals surface area contributed by atoms with E-state index in [9.17, 15) is 0 Å². The molecule has 5 nitrogen and oxygen atoms in total. The van der Waals surface area contributed by atoms with Crippen molar-refractivity contribution in [2.45, 2.75) is 0 Å². The zero-order valence-corrected chi connectivity index (χ0v) is 25.8. The van der Waals surface area contributed by atoms with Crippen molar-refractivity contribution in [3.63, 3.8) is 0 Å². The van der Waals surface area contributed by atoms with Crippen molar-refractivity contribution >= 4 is 32.6 Å². The molecule has 0 aliphatic rings. The van der Waals surface area contributed by atoms with Gasteiger partial charge >= 0.3 is 0 Å². The molecule has 0 bridgehead atoms. The van der Waals surface area contributed by atoms with Crippen LogP contribution in [0.2, 0.25) is 0 Å². The van der Waals surface area contributed by atoms with E-state index in [4.69, 9.17) is 24.9 Å². The van der Waals surface area contributed by atoms with E-state index in [2.05, 4.69) is 84.9 Å². The van der Waals surface area contributed by atoms with Gasteiger partial charge in [0.15, 0.2) is 17.5 Å². The molecule has 0 atom stereocenters. The summed E-state index contributed by atoms with van der Waals surface area (Å²) in [6, 6.07) is 55.9. The van der Waals surface area contributed by atoms with Crippen molar-refractivity contribution in [2.24, 2.45) is 0 Å². The summed E-state index contributed by atoms with van der Waals surface area (Å²) in [5.41, 5.74) is 8.62. The van der Waals surface area contributed by atoms with Gasteiger partial charge in [0.25, 0.3) is 0 Å². The third kappa shape index (κ3) is 5.13. The molecule has 0 spiro atoms. The molecule has 0 aliphatic heterocycles. The fourth-order valence-corrected chi connectivity index (χ4v) is 6.18. The summed E-state index contributed by atoms with van der Waals surface area (Å²) in [5, 5.41) is 4.35. The third-order valence-electron chi connectivity index (χ3n) is 8.68. The maximum Gasteiger partial charge on any atom is 0.164 e. The van der Waals surface area contributed by atoms with Crippen molar-refractivity contribution in [1.29, 1.82) is 0 Å². The Morgan fingerprint density at radius 2 is 0.625 bits per heavy atom. The molecule has 3 heterocycles. The zero-order chi connectivity index (χ0) is 31.9. The fourth-order valence-electron chi connectivity index (χ4n) is 6.18. The van der Waals surface area contributed by atoms with Gasteiger partial charge in [0.05, 0.1) is 22.4 Å². The molecule has 0 fully saturated rings. The number of aromatic nitrogens is 5. The lowest BCUT2D eigenvalue weighted by molar-refractivity contribution is 1.07. The molecule has 0 aliphatic carbocycles. The Kier molecular flexibility index (Phi) is 6.72. The lowest BCUT2D eigenvalue weighted by atomic mass is 10.0. The maximum absolute atomic E-state index is 5.17. The Hall–Kier alpha value is -6.59. The number of nitrogens with zero attached hydrogens (tertiary/aromatic N) is 5. The van der Waals surface area contributed by atoms with Crippen LogP contribution in [0.3, 0.4) is 0 Å². The van der Waals surface area contributed by atoms with Crippen molar-refractivity contribution < 1.29 is 0 Å². The summed E-state index contributed by atoms with van der Waals surface area (Å²) in [7, 11) is 0. The molecule has 6 aromatic carbocycles. The van der Waals surface area contributed by atoms with E-state index >= 15 is 0 Å². The summed E-state index contributed by atoms with van der Waals surface area (Å²) < 4.78 is 0. The number of hydrogen-bond acceptors (Lipinski definition) is 5. The second-order valence-electron chi connectivity index (χ2n) is 11.8. The molecule has 48 heavy (non-hydrogen) atoms. The highest BCUT2D eigenvalue weighted by molar-refractivity contribution is 6.04. The SMILES string of the molecule is c1ccc(-c2ccc3ccc4ccc(-c5ccc6cc(-c7nc(-c8ccccc8)nc(-c8ccccc8)n7)ccc6c5)nc4c3n2)cc1. The molecule has 0 N–H and O–H groups in total. The van der Waals surface area contributed by atoms with E-state index in [1.807, 2.05) is 78.9 Å². The van der Waals surface area contributed by atoms with E-state index in [-0.39, 0.29) is 0 Å². The summed E-state index contributed by atoms with van der Waals surface area (Å²) >= 11 is 0. The molecule has 0 radical (unpaired) electrons. The Balaban J connectivity index is 1.11. The van der Waals surface area contributed by atoms with Crippen LogP contribution in [0.15, 0.2) is 164 Å². The van der Waals surface area contributed by atoms with Crippen LogP contribution in [0.4, 0.5) is 0 Å². The van der Waals surface area contributed by atoms with Gasteiger partial charge in [0.1, 0.15) is 0 Å². The number of fused-ring (bicyclic) bond motifs is 4. The average molecular weight is 614 g/mol. The van der Waals surface area contributed by atoms with Gasteiger partial charge in [-0.2, -0.15) is 0 Å². The van der Waals surface area contributed by atoms with E-state index in [1.54, 1.807) is 0 Å². The van der Waals surface area contributed by atoms with Crippen molar-refractivity contribution in [3.8, 4) is 56.7 Å². The van der Waals surface area contributed by atoms with Crippen LogP contribution in [0.1, 0.15) is 0 Å². The first-order valence-electron chi connectivity index (χ1n) is 15.9. The van der Waals surface area contributed by atoms with Gasteiger partial charge in [-0.05, 0) is 35.0 Å².